The Morgan fingerprint density at radius 1 is 1.62 bits per heavy atom. The highest BCUT2D eigenvalue weighted by molar-refractivity contribution is 5.26. The van der Waals surface area contributed by atoms with Crippen LogP contribution < -0.4 is 5.56 Å². The second-order valence-corrected chi connectivity index (χ2v) is 2.38. The fourth-order valence-electron chi connectivity index (χ4n) is 0.992. The van der Waals surface area contributed by atoms with Crippen molar-refractivity contribution in [2.75, 3.05) is 0 Å². The second kappa shape index (κ2) is 3.81. The number of alkyl halides is 2. The number of rotatable bonds is 2. The van der Waals surface area contributed by atoms with Gasteiger partial charge in [-0.05, 0) is 6.07 Å². The van der Waals surface area contributed by atoms with Crippen LogP contribution in [0.1, 0.15) is 17.6 Å². The largest absolute Gasteiger partial charge is 0.329 e. The van der Waals surface area contributed by atoms with Crippen LogP contribution >= 0.6 is 0 Å². The maximum Gasteiger partial charge on any atom is 0.264 e. The Bertz CT molecular complexity index is 392. The topological polar surface area (TPSA) is 56.6 Å². The van der Waals surface area contributed by atoms with Crippen LogP contribution in [0.25, 0.3) is 0 Å². The van der Waals surface area contributed by atoms with Crippen LogP contribution in [-0.4, -0.2) is 4.98 Å². The normalized spacial score (nSPS) is 10.0. The van der Waals surface area contributed by atoms with Crippen LogP contribution in [0.5, 0.6) is 0 Å². The fraction of sp³-hybridized carbons (Fsp3) is 0.250. The Balaban J connectivity index is 3.27. The highest BCUT2D eigenvalue weighted by Crippen LogP contribution is 2.19. The van der Waals surface area contributed by atoms with Crippen molar-refractivity contribution in [3.8, 4) is 6.07 Å². The molecule has 13 heavy (non-hydrogen) atoms. The van der Waals surface area contributed by atoms with Crippen LogP contribution in [0.15, 0.2) is 17.1 Å². The lowest BCUT2D eigenvalue weighted by Crippen LogP contribution is -2.14. The molecule has 1 rings (SSSR count). The van der Waals surface area contributed by atoms with E-state index in [1.807, 2.05) is 0 Å². The second-order valence-electron chi connectivity index (χ2n) is 2.38. The van der Waals surface area contributed by atoms with E-state index in [9.17, 15) is 13.6 Å². The average molecular weight is 184 g/mol. The standard InChI is InChI=1S/C8H6F2N2O/c9-7(10)5-2-4-12-8(13)6(5)1-3-11/h2,4,7H,1H2,(H,12,13). The van der Waals surface area contributed by atoms with E-state index in [0.717, 1.165) is 12.3 Å². The van der Waals surface area contributed by atoms with Crippen LogP contribution in [-0.2, 0) is 6.42 Å². The molecule has 0 bridgehead atoms. The SMILES string of the molecule is N#CCc1c(C(F)F)cc[nH]c1=O. The van der Waals surface area contributed by atoms with E-state index < -0.39 is 12.0 Å². The van der Waals surface area contributed by atoms with E-state index in [1.165, 1.54) is 0 Å². The number of hydrogen-bond acceptors (Lipinski definition) is 2. The average Bonchev–Trinajstić information content (AvgIpc) is 2.08. The Morgan fingerprint density at radius 2 is 2.31 bits per heavy atom. The molecular formula is C8H6F2N2O. The minimum absolute atomic E-state index is 0.153. The van der Waals surface area contributed by atoms with Crippen molar-refractivity contribution >= 4 is 0 Å². The third kappa shape index (κ3) is 1.90. The Morgan fingerprint density at radius 3 is 2.85 bits per heavy atom. The molecule has 0 aliphatic heterocycles. The minimum atomic E-state index is -2.72. The van der Waals surface area contributed by atoms with Crippen molar-refractivity contribution in [1.29, 1.82) is 5.26 Å². The molecule has 1 aromatic heterocycles. The zero-order valence-electron chi connectivity index (χ0n) is 6.55. The molecule has 68 valence electrons. The predicted molar refractivity (Wildman–Crippen MR) is 41.3 cm³/mol. The van der Waals surface area contributed by atoms with Gasteiger partial charge in [0.1, 0.15) is 0 Å². The van der Waals surface area contributed by atoms with Crippen molar-refractivity contribution in [2.24, 2.45) is 0 Å². The number of nitriles is 1. The summed E-state index contributed by atoms with van der Waals surface area (Å²) in [7, 11) is 0. The highest BCUT2D eigenvalue weighted by Gasteiger charge is 2.14. The predicted octanol–water partition coefficient (Wildman–Crippen LogP) is 1.38. The fourth-order valence-corrected chi connectivity index (χ4v) is 0.992. The van der Waals surface area contributed by atoms with Crippen LogP contribution in [0.2, 0.25) is 0 Å². The quantitative estimate of drug-likeness (QED) is 0.754. The van der Waals surface area contributed by atoms with Crippen molar-refractivity contribution < 1.29 is 8.78 Å². The molecule has 0 atom stereocenters. The van der Waals surface area contributed by atoms with Gasteiger partial charge in [0.15, 0.2) is 0 Å². The third-order valence-corrected chi connectivity index (χ3v) is 1.59. The summed E-state index contributed by atoms with van der Waals surface area (Å²) in [4.78, 5) is 13.2. The van der Waals surface area contributed by atoms with E-state index in [4.69, 9.17) is 5.26 Å². The van der Waals surface area contributed by atoms with Gasteiger partial charge in [0.2, 0.25) is 0 Å². The van der Waals surface area contributed by atoms with Crippen molar-refractivity contribution in [3.63, 3.8) is 0 Å². The number of aromatic amines is 1. The van der Waals surface area contributed by atoms with Gasteiger partial charge >= 0.3 is 0 Å². The first-order chi connectivity index (χ1) is 6.16. The summed E-state index contributed by atoms with van der Waals surface area (Å²) < 4.78 is 24.5. The lowest BCUT2D eigenvalue weighted by molar-refractivity contribution is 0.150. The highest BCUT2D eigenvalue weighted by atomic mass is 19.3. The molecule has 0 amide bonds. The summed E-state index contributed by atoms with van der Waals surface area (Å²) >= 11 is 0. The van der Waals surface area contributed by atoms with Gasteiger partial charge in [-0.2, -0.15) is 5.26 Å². The van der Waals surface area contributed by atoms with E-state index >= 15 is 0 Å². The summed E-state index contributed by atoms with van der Waals surface area (Å²) in [5, 5.41) is 8.30. The molecule has 1 aromatic rings. The molecular weight excluding hydrogens is 178 g/mol. The number of nitrogens with zero attached hydrogens (tertiary/aromatic N) is 1. The monoisotopic (exact) mass is 184 g/mol. The molecule has 1 heterocycles. The molecule has 0 aromatic carbocycles. The smallest absolute Gasteiger partial charge is 0.264 e. The molecule has 1 N–H and O–H groups in total. The number of aromatic nitrogens is 1. The molecule has 3 nitrogen and oxygen atoms in total. The minimum Gasteiger partial charge on any atom is -0.329 e. The van der Waals surface area contributed by atoms with Gasteiger partial charge in [0.25, 0.3) is 12.0 Å². The lowest BCUT2D eigenvalue weighted by Gasteiger charge is -2.02. The Hall–Kier alpha value is -1.70. The molecule has 0 saturated carbocycles. The molecule has 0 aliphatic carbocycles. The first kappa shape index (κ1) is 9.39. The number of hydrogen-bond donors (Lipinski definition) is 1. The van der Waals surface area contributed by atoms with Gasteiger partial charge in [-0.3, -0.25) is 4.79 Å². The van der Waals surface area contributed by atoms with Crippen LogP contribution in [0.4, 0.5) is 8.78 Å². The van der Waals surface area contributed by atoms with Gasteiger partial charge in [-0.15, -0.1) is 0 Å². The van der Waals surface area contributed by atoms with Crippen molar-refractivity contribution in [3.05, 3.63) is 33.7 Å². The first-order valence-corrected chi connectivity index (χ1v) is 3.52. The van der Waals surface area contributed by atoms with Crippen molar-refractivity contribution in [1.82, 2.24) is 4.98 Å². The zero-order valence-corrected chi connectivity index (χ0v) is 6.55. The number of H-pyrrole nitrogens is 1. The molecule has 0 aliphatic rings. The maximum absolute atomic E-state index is 12.3. The van der Waals surface area contributed by atoms with E-state index in [-0.39, 0.29) is 17.5 Å². The number of pyridine rings is 1. The molecule has 0 radical (unpaired) electrons. The van der Waals surface area contributed by atoms with Crippen molar-refractivity contribution in [2.45, 2.75) is 12.8 Å². The Kier molecular flexibility index (Phi) is 2.75. The molecule has 5 heteroatoms. The third-order valence-electron chi connectivity index (χ3n) is 1.59. The summed E-state index contributed by atoms with van der Waals surface area (Å²) in [6.07, 6.45) is -1.87. The van der Waals surface area contributed by atoms with Gasteiger partial charge in [0.05, 0.1) is 12.5 Å². The van der Waals surface area contributed by atoms with E-state index in [0.29, 0.717) is 0 Å². The van der Waals surface area contributed by atoms with Crippen LogP contribution in [0, 0.1) is 11.3 Å². The maximum atomic E-state index is 12.3. The van der Waals surface area contributed by atoms with Gasteiger partial charge in [-0.1, -0.05) is 0 Å². The number of nitrogens with one attached hydrogen (secondary N) is 1. The van der Waals surface area contributed by atoms with Crippen LogP contribution in [0.3, 0.4) is 0 Å². The van der Waals surface area contributed by atoms with Gasteiger partial charge in [0, 0.05) is 17.3 Å². The van der Waals surface area contributed by atoms with Gasteiger partial charge < -0.3 is 4.98 Å². The lowest BCUT2D eigenvalue weighted by atomic mass is 10.1. The molecule has 0 saturated heterocycles. The Labute approximate surface area is 72.6 Å². The zero-order chi connectivity index (χ0) is 9.84. The molecule has 0 fully saturated rings. The summed E-state index contributed by atoms with van der Waals surface area (Å²) in [6, 6.07) is 2.78. The first-order valence-electron chi connectivity index (χ1n) is 3.52. The summed E-state index contributed by atoms with van der Waals surface area (Å²) in [6.45, 7) is 0. The van der Waals surface area contributed by atoms with Gasteiger partial charge in [-0.25, -0.2) is 8.78 Å². The molecule has 0 spiro atoms. The summed E-state index contributed by atoms with van der Waals surface area (Å²) in [5.74, 6) is 0. The number of halogens is 2. The van der Waals surface area contributed by atoms with E-state index in [1.54, 1.807) is 6.07 Å². The molecule has 0 unspecified atom stereocenters. The van der Waals surface area contributed by atoms with E-state index in [2.05, 4.69) is 4.98 Å². The summed E-state index contributed by atoms with van der Waals surface area (Å²) in [5.41, 5.74) is -1.15.